The van der Waals surface area contributed by atoms with Crippen molar-refractivity contribution in [2.45, 2.75) is 12.5 Å². The molecule has 0 aromatic carbocycles. The maximum Gasteiger partial charge on any atom is 0.317 e. The average molecular weight is 259 g/mol. The number of amides is 3. The summed E-state index contributed by atoms with van der Waals surface area (Å²) in [6.07, 6.45) is 0.0447. The quantitative estimate of drug-likeness (QED) is 0.560. The van der Waals surface area contributed by atoms with E-state index in [0.717, 1.165) is 0 Å². The predicted molar refractivity (Wildman–Crippen MR) is 60.7 cm³/mol. The van der Waals surface area contributed by atoms with Crippen LogP contribution in [0.1, 0.15) is 6.42 Å². The van der Waals surface area contributed by atoms with E-state index in [1.54, 1.807) is 0 Å². The minimum absolute atomic E-state index is 0.0447. The molecule has 102 valence electrons. The fourth-order valence-corrected chi connectivity index (χ4v) is 1.73. The van der Waals surface area contributed by atoms with Gasteiger partial charge in [0.1, 0.15) is 5.92 Å². The van der Waals surface area contributed by atoms with E-state index in [9.17, 15) is 14.4 Å². The number of carboxylic acids is 1. The minimum atomic E-state index is -0.991. The van der Waals surface area contributed by atoms with Crippen molar-refractivity contribution in [1.29, 1.82) is 0 Å². The first kappa shape index (κ1) is 14.2. The first-order valence-corrected chi connectivity index (χ1v) is 5.53. The predicted octanol–water partition coefficient (Wildman–Crippen LogP) is -1.40. The number of carbonyl (C=O) groups is 3. The molecule has 1 heterocycles. The highest BCUT2D eigenvalue weighted by atomic mass is 16.5. The summed E-state index contributed by atoms with van der Waals surface area (Å²) >= 11 is 0. The Bertz CT molecular complexity index is 346. The number of nitrogens with zero attached hydrogens (tertiary/aromatic N) is 1. The van der Waals surface area contributed by atoms with Gasteiger partial charge < -0.3 is 25.8 Å². The third-order valence-electron chi connectivity index (χ3n) is 2.83. The molecule has 8 heteroatoms. The van der Waals surface area contributed by atoms with Crippen LogP contribution in [-0.2, 0) is 14.3 Å². The molecule has 0 bridgehead atoms. The lowest BCUT2D eigenvalue weighted by atomic mass is 10.0. The molecule has 0 radical (unpaired) electrons. The third-order valence-corrected chi connectivity index (χ3v) is 2.83. The Hall–Kier alpha value is -1.83. The van der Waals surface area contributed by atoms with Crippen molar-refractivity contribution in [3.8, 4) is 0 Å². The summed E-state index contributed by atoms with van der Waals surface area (Å²) in [7, 11) is 1.49. The molecular formula is C10H17N3O5. The number of ether oxygens (including phenoxy) is 1. The molecule has 4 N–H and O–H groups in total. The van der Waals surface area contributed by atoms with E-state index >= 15 is 0 Å². The summed E-state index contributed by atoms with van der Waals surface area (Å²) in [5.41, 5.74) is 4.94. The van der Waals surface area contributed by atoms with Crippen molar-refractivity contribution in [2.24, 2.45) is 11.7 Å². The van der Waals surface area contributed by atoms with Crippen molar-refractivity contribution in [3.05, 3.63) is 0 Å². The van der Waals surface area contributed by atoms with Gasteiger partial charge in [0.05, 0.1) is 19.3 Å². The third kappa shape index (κ3) is 3.59. The minimum Gasteiger partial charge on any atom is -0.481 e. The van der Waals surface area contributed by atoms with Crippen LogP contribution in [0.4, 0.5) is 4.79 Å². The highest BCUT2D eigenvalue weighted by Gasteiger charge is 2.38. The molecule has 0 aromatic rings. The first-order valence-electron chi connectivity index (χ1n) is 5.53. The van der Waals surface area contributed by atoms with Crippen LogP contribution in [0, 0.1) is 5.92 Å². The van der Waals surface area contributed by atoms with Crippen LogP contribution in [0.3, 0.4) is 0 Å². The molecule has 1 aliphatic heterocycles. The number of hydrogen-bond donors (Lipinski definition) is 3. The molecule has 3 amide bonds. The Balaban J connectivity index is 2.47. The number of primary amides is 1. The summed E-state index contributed by atoms with van der Waals surface area (Å²) in [5.74, 6) is -2.23. The monoisotopic (exact) mass is 259 g/mol. The van der Waals surface area contributed by atoms with Crippen molar-refractivity contribution in [1.82, 2.24) is 10.2 Å². The normalized spacial score (nSPS) is 22.5. The maximum absolute atomic E-state index is 11.7. The second-order valence-corrected chi connectivity index (χ2v) is 4.11. The lowest BCUT2D eigenvalue weighted by Crippen LogP contribution is -2.48. The fourth-order valence-electron chi connectivity index (χ4n) is 1.73. The summed E-state index contributed by atoms with van der Waals surface area (Å²) in [5, 5.41) is 11.5. The molecular weight excluding hydrogens is 242 g/mol. The summed E-state index contributed by atoms with van der Waals surface area (Å²) in [4.78, 5) is 34.4. The van der Waals surface area contributed by atoms with Crippen molar-refractivity contribution < 1.29 is 24.2 Å². The van der Waals surface area contributed by atoms with E-state index in [1.165, 1.54) is 11.9 Å². The molecule has 1 saturated heterocycles. The largest absolute Gasteiger partial charge is 0.481 e. The standard InChI is InChI=1S/C10H17N3O5/c1-13(10(17)12-3-2-8(11)14)7-5-18-4-6(7)9(15)16/h6-7H,2-5H2,1H3,(H2,11,14)(H,12,17)(H,15,16). The second kappa shape index (κ2) is 6.20. The molecule has 0 spiro atoms. The number of carboxylic acid groups (broad SMARTS) is 1. The van der Waals surface area contributed by atoms with Crippen LogP contribution in [0.25, 0.3) is 0 Å². The number of nitrogens with two attached hydrogens (primary N) is 1. The smallest absolute Gasteiger partial charge is 0.317 e. The van der Waals surface area contributed by atoms with Crippen LogP contribution < -0.4 is 11.1 Å². The Morgan fingerprint density at radius 2 is 2.11 bits per heavy atom. The van der Waals surface area contributed by atoms with Crippen molar-refractivity contribution >= 4 is 17.9 Å². The molecule has 2 unspecified atom stereocenters. The second-order valence-electron chi connectivity index (χ2n) is 4.11. The zero-order valence-electron chi connectivity index (χ0n) is 10.1. The highest BCUT2D eigenvalue weighted by molar-refractivity contribution is 5.78. The number of aliphatic carboxylic acids is 1. The van der Waals surface area contributed by atoms with Crippen LogP contribution in [0.5, 0.6) is 0 Å². The molecule has 1 fully saturated rings. The van der Waals surface area contributed by atoms with Gasteiger partial charge in [-0.05, 0) is 0 Å². The van der Waals surface area contributed by atoms with Crippen molar-refractivity contribution in [2.75, 3.05) is 26.8 Å². The lowest BCUT2D eigenvalue weighted by Gasteiger charge is -2.26. The van der Waals surface area contributed by atoms with E-state index in [0.29, 0.717) is 0 Å². The van der Waals surface area contributed by atoms with Crippen LogP contribution in [0.15, 0.2) is 0 Å². The summed E-state index contributed by atoms with van der Waals surface area (Å²) in [6.45, 7) is 0.416. The Morgan fingerprint density at radius 1 is 1.44 bits per heavy atom. The highest BCUT2D eigenvalue weighted by Crippen LogP contribution is 2.18. The van der Waals surface area contributed by atoms with E-state index in [4.69, 9.17) is 15.6 Å². The summed E-state index contributed by atoms with van der Waals surface area (Å²) < 4.78 is 5.07. The van der Waals surface area contributed by atoms with Crippen LogP contribution >= 0.6 is 0 Å². The van der Waals surface area contributed by atoms with Gasteiger partial charge in [-0.1, -0.05) is 0 Å². The van der Waals surface area contributed by atoms with Gasteiger partial charge in [-0.15, -0.1) is 0 Å². The van der Waals surface area contributed by atoms with Gasteiger partial charge in [0.15, 0.2) is 0 Å². The zero-order chi connectivity index (χ0) is 13.7. The Kier molecular flexibility index (Phi) is 4.90. The number of carbonyl (C=O) groups excluding carboxylic acids is 2. The zero-order valence-corrected chi connectivity index (χ0v) is 10.1. The van der Waals surface area contributed by atoms with Gasteiger partial charge >= 0.3 is 12.0 Å². The average Bonchev–Trinajstić information content (AvgIpc) is 2.76. The molecule has 8 nitrogen and oxygen atoms in total. The van der Waals surface area contributed by atoms with Gasteiger partial charge in [0, 0.05) is 20.0 Å². The Labute approximate surface area is 104 Å². The number of nitrogens with one attached hydrogen (secondary N) is 1. The van der Waals surface area contributed by atoms with Gasteiger partial charge in [-0.3, -0.25) is 9.59 Å². The fraction of sp³-hybridized carbons (Fsp3) is 0.700. The van der Waals surface area contributed by atoms with Crippen molar-refractivity contribution in [3.63, 3.8) is 0 Å². The number of urea groups is 1. The molecule has 18 heavy (non-hydrogen) atoms. The maximum atomic E-state index is 11.7. The molecule has 0 aromatic heterocycles. The van der Waals surface area contributed by atoms with E-state index in [1.807, 2.05) is 0 Å². The lowest BCUT2D eigenvalue weighted by molar-refractivity contribution is -0.142. The van der Waals surface area contributed by atoms with Crippen LogP contribution in [-0.4, -0.2) is 60.8 Å². The molecule has 1 aliphatic rings. The van der Waals surface area contributed by atoms with Gasteiger partial charge in [0.25, 0.3) is 0 Å². The molecule has 2 atom stereocenters. The van der Waals surface area contributed by atoms with Gasteiger partial charge in [0.2, 0.25) is 5.91 Å². The van der Waals surface area contributed by atoms with Gasteiger partial charge in [-0.25, -0.2) is 4.79 Å². The van der Waals surface area contributed by atoms with Crippen LogP contribution in [0.2, 0.25) is 0 Å². The number of rotatable bonds is 5. The number of hydrogen-bond acceptors (Lipinski definition) is 4. The van der Waals surface area contributed by atoms with E-state index in [2.05, 4.69) is 5.32 Å². The van der Waals surface area contributed by atoms with Gasteiger partial charge in [-0.2, -0.15) is 0 Å². The molecule has 0 aliphatic carbocycles. The van der Waals surface area contributed by atoms with E-state index in [-0.39, 0.29) is 26.2 Å². The Morgan fingerprint density at radius 3 is 2.67 bits per heavy atom. The molecule has 0 saturated carbocycles. The SMILES string of the molecule is CN(C(=O)NCCC(N)=O)C1COCC1C(=O)O. The molecule has 1 rings (SSSR count). The first-order chi connectivity index (χ1) is 8.43. The number of likely N-dealkylation sites (N-methyl/N-ethyl adjacent to an activating group) is 1. The summed E-state index contributed by atoms with van der Waals surface area (Å²) in [6, 6.07) is -0.950. The van der Waals surface area contributed by atoms with E-state index < -0.39 is 29.9 Å². The topological polar surface area (TPSA) is 122 Å².